The van der Waals surface area contributed by atoms with Crippen molar-refractivity contribution >= 4 is 29.5 Å². The highest BCUT2D eigenvalue weighted by atomic mass is 16.8. The highest BCUT2D eigenvalue weighted by molar-refractivity contribution is 5.75. The monoisotopic (exact) mass is 1830 g/mol. The molecule has 50 atom stereocenters. The number of ether oxygens (including phenoxy) is 19. The van der Waals surface area contributed by atoms with Crippen molar-refractivity contribution in [3.05, 3.63) is 0 Å². The second kappa shape index (κ2) is 44.9. The number of hydrogen-bond acceptors (Lipinski definition) is 50. The van der Waals surface area contributed by atoms with Gasteiger partial charge in [0.25, 0.3) is 0 Å². The zero-order valence-electron chi connectivity index (χ0n) is 67.7. The molecule has 31 N–H and O–H groups in total. The van der Waals surface area contributed by atoms with E-state index in [1.807, 2.05) is 0 Å². The van der Waals surface area contributed by atoms with Gasteiger partial charge >= 0.3 is 0 Å². The lowest BCUT2D eigenvalue weighted by molar-refractivity contribution is -0.407. The molecule has 5 amide bonds. The van der Waals surface area contributed by atoms with E-state index in [0.29, 0.717) is 0 Å². The van der Waals surface area contributed by atoms with Gasteiger partial charge in [-0.25, -0.2) is 0 Å². The molecule has 0 saturated carbocycles. The van der Waals surface area contributed by atoms with Crippen molar-refractivity contribution in [2.75, 3.05) is 59.5 Å². The van der Waals surface area contributed by atoms with Gasteiger partial charge in [-0.05, 0) is 6.92 Å². The quantitative estimate of drug-likeness (QED) is 0.0297. The predicted octanol–water partition coefficient (Wildman–Crippen LogP) is -21.1. The Kier molecular flexibility index (Phi) is 36.8. The van der Waals surface area contributed by atoms with Gasteiger partial charge in [0.15, 0.2) is 62.9 Å². The fraction of sp³-hybridized carbons (Fsp3) is 0.929. The van der Waals surface area contributed by atoms with Crippen LogP contribution in [0.4, 0.5) is 0 Å². The summed E-state index contributed by atoms with van der Waals surface area (Å²) in [5.41, 5.74) is 0. The first-order valence-electron chi connectivity index (χ1n) is 40.0. The maximum atomic E-state index is 13.4. The normalized spacial score (nSPS) is 48.7. The minimum Gasteiger partial charge on any atom is -0.394 e. The van der Waals surface area contributed by atoms with E-state index in [4.69, 9.17) is 90.0 Å². The van der Waals surface area contributed by atoms with Crippen LogP contribution in [0.25, 0.3) is 0 Å². The van der Waals surface area contributed by atoms with Gasteiger partial charge in [-0.2, -0.15) is 0 Å². The Morgan fingerprint density at radius 3 is 0.904 bits per heavy atom. The number of hydrogen-bond donors (Lipinski definition) is 31. The van der Waals surface area contributed by atoms with E-state index in [0.717, 1.165) is 34.6 Å². The molecule has 722 valence electrons. The van der Waals surface area contributed by atoms with Gasteiger partial charge in [0.05, 0.1) is 65.6 Å². The average molecular weight is 1830 g/mol. The first-order chi connectivity index (χ1) is 59.1. The minimum atomic E-state index is -2.75. The number of rotatable bonds is 32. The van der Waals surface area contributed by atoms with E-state index in [-0.39, 0.29) is 0 Å². The van der Waals surface area contributed by atoms with Crippen LogP contribution in [0.1, 0.15) is 41.5 Å². The van der Waals surface area contributed by atoms with Crippen LogP contribution < -0.4 is 26.6 Å². The molecule has 0 aromatic carbocycles. The maximum absolute atomic E-state index is 13.4. The van der Waals surface area contributed by atoms with Crippen molar-refractivity contribution in [3.63, 3.8) is 0 Å². The van der Waals surface area contributed by atoms with Crippen molar-refractivity contribution in [1.82, 2.24) is 26.6 Å². The number of aliphatic hydroxyl groups is 26. The summed E-state index contributed by atoms with van der Waals surface area (Å²) >= 11 is 0. The third kappa shape index (κ3) is 23.1. The molecule has 10 rings (SSSR count). The smallest absolute Gasteiger partial charge is 0.217 e. The third-order valence-corrected chi connectivity index (χ3v) is 22.8. The molecule has 0 aromatic heterocycles. The molecule has 0 aliphatic carbocycles. The maximum Gasteiger partial charge on any atom is 0.217 e. The van der Waals surface area contributed by atoms with Crippen molar-refractivity contribution in [2.45, 2.75) is 348 Å². The van der Waals surface area contributed by atoms with Crippen LogP contribution in [0.2, 0.25) is 0 Å². The van der Waals surface area contributed by atoms with Gasteiger partial charge < -0.3 is 249 Å². The molecule has 0 aromatic rings. The van der Waals surface area contributed by atoms with Crippen LogP contribution in [-0.2, 0) is 114 Å². The molecule has 0 spiro atoms. The number of carbonyl (C=O) groups is 5. The molecular formula is C70H117N5O50. The lowest BCUT2D eigenvalue weighted by atomic mass is 9.93. The van der Waals surface area contributed by atoms with Gasteiger partial charge in [0, 0.05) is 34.6 Å². The summed E-state index contributed by atoms with van der Waals surface area (Å²) in [7, 11) is 0. The first-order valence-corrected chi connectivity index (χ1v) is 40.0. The molecule has 0 radical (unpaired) electrons. The van der Waals surface area contributed by atoms with E-state index in [2.05, 4.69) is 26.6 Å². The molecule has 10 aliphatic heterocycles. The minimum absolute atomic E-state index is 0.863. The molecule has 0 bridgehead atoms. The van der Waals surface area contributed by atoms with E-state index in [9.17, 15) is 157 Å². The number of amides is 5. The number of nitrogens with one attached hydrogen (secondary N) is 5. The Morgan fingerprint density at radius 2 is 0.488 bits per heavy atom. The number of carbonyl (C=O) groups excluding carboxylic acids is 5. The molecule has 10 heterocycles. The zero-order chi connectivity index (χ0) is 92.1. The molecular weight excluding hydrogens is 1710 g/mol. The zero-order valence-corrected chi connectivity index (χ0v) is 67.7. The molecule has 10 saturated heterocycles. The summed E-state index contributed by atoms with van der Waals surface area (Å²) < 4.78 is 116. The summed E-state index contributed by atoms with van der Waals surface area (Å²) in [6, 6.07) is -9.77. The van der Waals surface area contributed by atoms with Crippen LogP contribution in [-0.4, -0.2) is 529 Å². The summed E-state index contributed by atoms with van der Waals surface area (Å²) in [5.74, 6) is -4.79. The van der Waals surface area contributed by atoms with Gasteiger partial charge in [-0.3, -0.25) is 24.0 Å². The van der Waals surface area contributed by atoms with Crippen LogP contribution >= 0.6 is 0 Å². The summed E-state index contributed by atoms with van der Waals surface area (Å²) in [6.07, 6.45) is -95.8. The van der Waals surface area contributed by atoms with E-state index in [1.54, 1.807) is 0 Å². The summed E-state index contributed by atoms with van der Waals surface area (Å²) in [5, 5.41) is 305. The SMILES string of the molecule is CC(=O)N[C@@H]1[C@@H](O)[C@H](O[C@@H]2O[C@H](CO)[C@@H](O[C@@H]3O[C@H](CO[C@H]4O[C@H](CO)[C@@H](O)[C@H](O)[C@@H]4O[C@@H]4O[C@H](CO)[C@@H](O[C@@H]5O[C@H](CO)[C@H](O)[C@H](O)[C@H]5O)[C@H](O)[C@H]4NC(C)=O)[C@@H](O[C@@H]4O[C@H](CO)[C@@H](O)[C@H](O)[C@H]4NC(C)=O)[C@H](O[C@H]4O[C@H](CO)[C@@H](O)[C@H](O)[C@@H]4O[C@@H]4O[C@H](CO)[C@@H](O)[C@H](O)[C@H]4NC(C)=O)[C@@H]3O)[C@H](O)[C@H]2NC(C)=O)[C@@H](CO[C@@H]2O[C@@H](C)[C@@H](O)[C@@H](O)[C@@H]2O)O[C@@H]1O. The van der Waals surface area contributed by atoms with Crippen LogP contribution in [0.5, 0.6) is 0 Å². The molecule has 55 heteroatoms. The van der Waals surface area contributed by atoms with E-state index in [1.165, 1.54) is 6.92 Å². The molecule has 55 nitrogen and oxygen atoms in total. The van der Waals surface area contributed by atoms with E-state index < -0.39 is 396 Å². The first kappa shape index (κ1) is 103. The molecule has 125 heavy (non-hydrogen) atoms. The third-order valence-electron chi connectivity index (χ3n) is 22.8. The lowest BCUT2D eigenvalue weighted by Gasteiger charge is -2.52. The average Bonchev–Trinajstić information content (AvgIpc) is 0.760. The molecule has 10 fully saturated rings. The Morgan fingerprint density at radius 1 is 0.224 bits per heavy atom. The topological polar surface area (TPSA) is 847 Å². The second-order valence-electron chi connectivity index (χ2n) is 31.7. The fourth-order valence-electron chi connectivity index (χ4n) is 16.2. The Bertz CT molecular complexity index is 3420. The largest absolute Gasteiger partial charge is 0.394 e. The van der Waals surface area contributed by atoms with Crippen molar-refractivity contribution in [1.29, 1.82) is 0 Å². The number of aliphatic hydroxyl groups excluding tert-OH is 26. The predicted molar refractivity (Wildman–Crippen MR) is 386 cm³/mol. The highest BCUT2D eigenvalue weighted by Crippen LogP contribution is 2.41. The highest BCUT2D eigenvalue weighted by Gasteiger charge is 2.62. The Balaban J connectivity index is 1.07. The van der Waals surface area contributed by atoms with Gasteiger partial charge in [-0.1, -0.05) is 0 Å². The van der Waals surface area contributed by atoms with Crippen LogP contribution in [0.3, 0.4) is 0 Å². The fourth-order valence-corrected chi connectivity index (χ4v) is 16.2. The van der Waals surface area contributed by atoms with Gasteiger partial charge in [-0.15, -0.1) is 0 Å². The van der Waals surface area contributed by atoms with Crippen molar-refractivity contribution < 1.29 is 247 Å². The second-order valence-corrected chi connectivity index (χ2v) is 31.7. The van der Waals surface area contributed by atoms with Crippen LogP contribution in [0.15, 0.2) is 0 Å². The Hall–Kier alpha value is -4.45. The lowest BCUT2D eigenvalue weighted by Crippen LogP contribution is -2.71. The Labute approximate surface area is 708 Å². The van der Waals surface area contributed by atoms with Crippen molar-refractivity contribution in [2.24, 2.45) is 0 Å². The van der Waals surface area contributed by atoms with E-state index >= 15 is 0 Å². The molecule has 0 unspecified atom stereocenters. The summed E-state index contributed by atoms with van der Waals surface area (Å²) in [4.78, 5) is 65.0. The van der Waals surface area contributed by atoms with Gasteiger partial charge in [0.2, 0.25) is 29.5 Å². The van der Waals surface area contributed by atoms with Crippen molar-refractivity contribution in [3.8, 4) is 0 Å². The van der Waals surface area contributed by atoms with Crippen LogP contribution in [0, 0.1) is 0 Å². The molecule has 10 aliphatic rings. The summed E-state index contributed by atoms with van der Waals surface area (Å²) in [6.45, 7) is -4.42. The van der Waals surface area contributed by atoms with Gasteiger partial charge in [0.1, 0.15) is 238 Å². The standard InChI is InChI=1S/C70H117N5O50/c1-16-36(88)47(99)51(103)66(109-16)107-14-29-56(44(96)31(61(106)110-29)71-17(2)83)119-64-34(74-20(5)86)45(97)55(28(13-82)116-64)121-68-53(105)58(123-70-60(50(102)41(93)26(11-80)115-70)125-63-33(73-19(4)85)43(95)38(90)23(8-77)112-63)57(122-62-32(72-18(3)84)42(94)37(89)22(7-76)111-62)30(118-68)15-108-69-59(49(101)40(92)25(10-79)114-69)124-65-35(75-21(6)87)46(98)54(27(12-81)117-65)120-67-52(104)48(100)39(91)24(9-78)113-67/h16,22-70,76-82,88-106H,7-15H2,1-6H3,(H,71,83)(H,72,84)(H,73,85)(H,74,86)(H,75,87)/t16-,22+,23+,24+,25+,26+,27+,28+,29+,30+,31+,32+,33+,34+,35+,36+,37+,38+,39-,40+,41+,42+,43+,44+,45+,46+,47+,48-,49-,50-,51-,52+,53-,54+,55+,56+,57+,58+,59-,60-,61-,62-,63-,64-,65-,66+,67-,68-,69-,70+/m0/s1.